The molecule has 1 aromatic heterocycles. The summed E-state index contributed by atoms with van der Waals surface area (Å²) < 4.78 is 0. The van der Waals surface area contributed by atoms with Crippen molar-refractivity contribution in [2.45, 2.75) is 39.0 Å². The molecule has 1 N–H and O–H groups in total. The first-order valence-electron chi connectivity index (χ1n) is 6.59. The van der Waals surface area contributed by atoms with E-state index >= 15 is 0 Å². The lowest BCUT2D eigenvalue weighted by atomic mass is 9.81. The minimum absolute atomic E-state index is 0.557. The number of hydrogen-bond acceptors (Lipinski definition) is 2. The molecule has 1 saturated carbocycles. The summed E-state index contributed by atoms with van der Waals surface area (Å²) in [7, 11) is 0. The summed E-state index contributed by atoms with van der Waals surface area (Å²) in [5.41, 5.74) is 1.08. The van der Waals surface area contributed by atoms with Gasteiger partial charge in [0.1, 0.15) is 5.15 Å². The molecule has 1 aromatic rings. The lowest BCUT2D eigenvalue weighted by Crippen LogP contribution is -2.15. The largest absolute Gasteiger partial charge is 0.385 e. The van der Waals surface area contributed by atoms with Crippen LogP contribution in [0.4, 0.5) is 5.69 Å². The van der Waals surface area contributed by atoms with Gasteiger partial charge in [-0.05, 0) is 30.4 Å². The van der Waals surface area contributed by atoms with Crippen molar-refractivity contribution in [1.82, 2.24) is 4.98 Å². The normalized spacial score (nSPS) is 24.6. The van der Waals surface area contributed by atoms with E-state index in [9.17, 15) is 0 Å². The lowest BCUT2D eigenvalue weighted by Gasteiger charge is -2.26. The fourth-order valence-electron chi connectivity index (χ4n) is 2.55. The highest BCUT2D eigenvalue weighted by molar-refractivity contribution is 6.29. The molecule has 17 heavy (non-hydrogen) atoms. The summed E-state index contributed by atoms with van der Waals surface area (Å²) in [6.45, 7) is 3.41. The van der Waals surface area contributed by atoms with Crippen molar-refractivity contribution in [2.24, 2.45) is 11.8 Å². The fourth-order valence-corrected chi connectivity index (χ4v) is 2.72. The van der Waals surface area contributed by atoms with Crippen molar-refractivity contribution >= 4 is 17.3 Å². The third kappa shape index (κ3) is 4.19. The van der Waals surface area contributed by atoms with Crippen LogP contribution in [0.2, 0.25) is 5.15 Å². The van der Waals surface area contributed by atoms with E-state index in [1.165, 1.54) is 32.1 Å². The first-order valence-corrected chi connectivity index (χ1v) is 6.97. The standard InChI is InChI=1S/C14H21ClN2/c1-11-2-4-12(5-3-11)6-8-16-13-7-9-17-14(15)10-13/h7,9-12H,2-6,8H2,1H3,(H,16,17). The van der Waals surface area contributed by atoms with Crippen LogP contribution in [-0.2, 0) is 0 Å². The second-order valence-electron chi connectivity index (χ2n) is 5.21. The molecule has 1 aliphatic rings. The average Bonchev–Trinajstić information content (AvgIpc) is 2.32. The third-order valence-electron chi connectivity index (χ3n) is 3.74. The van der Waals surface area contributed by atoms with Crippen molar-refractivity contribution in [3.63, 3.8) is 0 Å². The predicted octanol–water partition coefficient (Wildman–Crippen LogP) is 4.36. The van der Waals surface area contributed by atoms with Crippen LogP contribution in [0.25, 0.3) is 0 Å². The van der Waals surface area contributed by atoms with Crippen LogP contribution in [-0.4, -0.2) is 11.5 Å². The molecule has 0 aromatic carbocycles. The summed E-state index contributed by atoms with van der Waals surface area (Å²) in [5, 5.41) is 3.98. The van der Waals surface area contributed by atoms with Gasteiger partial charge in [0.25, 0.3) is 0 Å². The Labute approximate surface area is 109 Å². The molecule has 3 heteroatoms. The molecular formula is C14H21ClN2. The molecule has 94 valence electrons. The van der Waals surface area contributed by atoms with Gasteiger partial charge in [0, 0.05) is 18.4 Å². The van der Waals surface area contributed by atoms with E-state index in [-0.39, 0.29) is 0 Å². The maximum Gasteiger partial charge on any atom is 0.131 e. The van der Waals surface area contributed by atoms with Crippen LogP contribution in [0.15, 0.2) is 18.3 Å². The summed E-state index contributed by atoms with van der Waals surface area (Å²) in [6, 6.07) is 3.85. The molecule has 0 amide bonds. The first kappa shape index (κ1) is 12.7. The van der Waals surface area contributed by atoms with Gasteiger partial charge in [-0.3, -0.25) is 0 Å². The molecule has 0 spiro atoms. The first-order chi connectivity index (χ1) is 8.24. The van der Waals surface area contributed by atoms with Crippen molar-refractivity contribution < 1.29 is 0 Å². The molecule has 1 heterocycles. The van der Waals surface area contributed by atoms with Gasteiger partial charge in [-0.2, -0.15) is 0 Å². The zero-order valence-corrected chi connectivity index (χ0v) is 11.2. The second-order valence-corrected chi connectivity index (χ2v) is 5.60. The summed E-state index contributed by atoms with van der Waals surface area (Å²) >= 11 is 5.84. The van der Waals surface area contributed by atoms with E-state index in [4.69, 9.17) is 11.6 Å². The minimum Gasteiger partial charge on any atom is -0.385 e. The molecule has 0 bridgehead atoms. The van der Waals surface area contributed by atoms with Gasteiger partial charge >= 0.3 is 0 Å². The number of rotatable bonds is 4. The smallest absolute Gasteiger partial charge is 0.131 e. The van der Waals surface area contributed by atoms with Crippen LogP contribution >= 0.6 is 11.6 Å². The van der Waals surface area contributed by atoms with Crippen molar-refractivity contribution in [1.29, 1.82) is 0 Å². The van der Waals surface area contributed by atoms with Crippen molar-refractivity contribution in [2.75, 3.05) is 11.9 Å². The number of anilines is 1. The molecule has 2 rings (SSSR count). The monoisotopic (exact) mass is 252 g/mol. The Kier molecular flexibility index (Phi) is 4.66. The Morgan fingerprint density at radius 3 is 2.82 bits per heavy atom. The summed E-state index contributed by atoms with van der Waals surface area (Å²) in [6.07, 6.45) is 8.64. The van der Waals surface area contributed by atoms with Crippen LogP contribution in [0.5, 0.6) is 0 Å². The van der Waals surface area contributed by atoms with Crippen LogP contribution in [0.1, 0.15) is 39.0 Å². The van der Waals surface area contributed by atoms with Gasteiger partial charge in [0.15, 0.2) is 0 Å². The number of nitrogens with zero attached hydrogens (tertiary/aromatic N) is 1. The molecule has 0 aliphatic heterocycles. The van der Waals surface area contributed by atoms with Gasteiger partial charge in [0.2, 0.25) is 0 Å². The van der Waals surface area contributed by atoms with Gasteiger partial charge in [0.05, 0.1) is 0 Å². The SMILES string of the molecule is CC1CCC(CCNc2ccnc(Cl)c2)CC1. The number of aromatic nitrogens is 1. The molecule has 1 aliphatic carbocycles. The highest BCUT2D eigenvalue weighted by Gasteiger charge is 2.17. The molecule has 0 atom stereocenters. The van der Waals surface area contributed by atoms with Gasteiger partial charge in [-0.1, -0.05) is 44.2 Å². The average molecular weight is 253 g/mol. The molecule has 0 radical (unpaired) electrons. The van der Waals surface area contributed by atoms with E-state index in [1.807, 2.05) is 12.1 Å². The predicted molar refractivity (Wildman–Crippen MR) is 73.5 cm³/mol. The molecule has 0 unspecified atom stereocenters. The van der Waals surface area contributed by atoms with E-state index < -0.39 is 0 Å². The van der Waals surface area contributed by atoms with Gasteiger partial charge in [-0.15, -0.1) is 0 Å². The Morgan fingerprint density at radius 2 is 2.12 bits per heavy atom. The minimum atomic E-state index is 0.557. The Morgan fingerprint density at radius 1 is 1.35 bits per heavy atom. The zero-order chi connectivity index (χ0) is 12.1. The Bertz CT molecular complexity index is 346. The molecule has 2 nitrogen and oxygen atoms in total. The fraction of sp³-hybridized carbons (Fsp3) is 0.643. The number of nitrogens with one attached hydrogen (secondary N) is 1. The van der Waals surface area contributed by atoms with E-state index in [0.29, 0.717) is 5.15 Å². The number of pyridine rings is 1. The Balaban J connectivity index is 1.69. The van der Waals surface area contributed by atoms with E-state index in [2.05, 4.69) is 17.2 Å². The molecule has 0 saturated heterocycles. The highest BCUT2D eigenvalue weighted by Crippen LogP contribution is 2.30. The maximum absolute atomic E-state index is 5.84. The quantitative estimate of drug-likeness (QED) is 0.806. The zero-order valence-electron chi connectivity index (χ0n) is 10.5. The van der Waals surface area contributed by atoms with Crippen LogP contribution in [0.3, 0.4) is 0 Å². The van der Waals surface area contributed by atoms with Gasteiger partial charge < -0.3 is 5.32 Å². The van der Waals surface area contributed by atoms with Crippen molar-refractivity contribution in [3.05, 3.63) is 23.5 Å². The van der Waals surface area contributed by atoms with Crippen LogP contribution in [0, 0.1) is 11.8 Å². The topological polar surface area (TPSA) is 24.9 Å². The highest BCUT2D eigenvalue weighted by atomic mass is 35.5. The van der Waals surface area contributed by atoms with Gasteiger partial charge in [-0.25, -0.2) is 4.98 Å². The van der Waals surface area contributed by atoms with E-state index in [0.717, 1.165) is 24.1 Å². The molecule has 1 fully saturated rings. The summed E-state index contributed by atoms with van der Waals surface area (Å²) in [5.74, 6) is 1.86. The number of hydrogen-bond donors (Lipinski definition) is 1. The molecular weight excluding hydrogens is 232 g/mol. The van der Waals surface area contributed by atoms with Crippen LogP contribution < -0.4 is 5.32 Å². The van der Waals surface area contributed by atoms with E-state index in [1.54, 1.807) is 6.20 Å². The maximum atomic E-state index is 5.84. The number of halogens is 1. The third-order valence-corrected chi connectivity index (χ3v) is 3.95. The second kappa shape index (κ2) is 6.25. The Hall–Kier alpha value is -0.760. The lowest BCUT2D eigenvalue weighted by molar-refractivity contribution is 0.282. The summed E-state index contributed by atoms with van der Waals surface area (Å²) in [4.78, 5) is 3.97. The van der Waals surface area contributed by atoms with Crippen molar-refractivity contribution in [3.8, 4) is 0 Å².